The van der Waals surface area contributed by atoms with Crippen LogP contribution in [0, 0.1) is 0 Å². The Bertz CT molecular complexity index is 560. The van der Waals surface area contributed by atoms with Crippen LogP contribution in [0.4, 0.5) is 0 Å². The largest absolute Gasteiger partial charge is 0.341 e. The third kappa shape index (κ3) is 3.32. The van der Waals surface area contributed by atoms with Gasteiger partial charge in [0.05, 0.1) is 6.61 Å². The normalized spacial score (nSPS) is 44.9. The summed E-state index contributed by atoms with van der Waals surface area (Å²) < 4.78 is 34.6. The van der Waals surface area contributed by atoms with E-state index in [4.69, 9.17) is 46.4 Å². The van der Waals surface area contributed by atoms with Crippen LogP contribution in [-0.4, -0.2) is 66.7 Å². The SMILES string of the molecule is CCN(CC)[P@@]1(=S)OC2C(O1)[C@H]1CO[P@@](=S)(N(CC)CC)O[C@@H]2O1. The van der Waals surface area contributed by atoms with E-state index in [-0.39, 0.29) is 18.3 Å². The molecule has 3 saturated heterocycles. The van der Waals surface area contributed by atoms with Crippen LogP contribution in [0.2, 0.25) is 0 Å². The summed E-state index contributed by atoms with van der Waals surface area (Å²) in [7, 11) is 0. The molecule has 6 atom stereocenters. The van der Waals surface area contributed by atoms with Crippen LogP contribution < -0.4 is 0 Å². The summed E-state index contributed by atoms with van der Waals surface area (Å²) in [5.41, 5.74) is 0. The Hall–Kier alpha value is 1.02. The summed E-state index contributed by atoms with van der Waals surface area (Å²) >= 11 is 11.5. The molecule has 0 aromatic heterocycles. The molecule has 0 spiro atoms. The van der Waals surface area contributed by atoms with Crippen molar-refractivity contribution in [2.45, 2.75) is 52.3 Å². The Morgan fingerprint density at radius 2 is 1.38 bits per heavy atom. The van der Waals surface area contributed by atoms with Gasteiger partial charge in [-0.05, 0) is 23.6 Å². The van der Waals surface area contributed by atoms with Crippen LogP contribution in [0.15, 0.2) is 0 Å². The van der Waals surface area contributed by atoms with Crippen molar-refractivity contribution in [3.63, 3.8) is 0 Å². The first-order chi connectivity index (χ1) is 11.4. The molecule has 24 heavy (non-hydrogen) atoms. The van der Waals surface area contributed by atoms with Gasteiger partial charge in [0.2, 0.25) is 0 Å². The average molecular weight is 416 g/mol. The molecule has 0 amide bonds. The number of hydrogen-bond donors (Lipinski definition) is 0. The van der Waals surface area contributed by atoms with Crippen molar-refractivity contribution < 1.29 is 22.8 Å². The zero-order chi connectivity index (χ0) is 17.5. The van der Waals surface area contributed by atoms with E-state index < -0.39 is 19.6 Å². The van der Waals surface area contributed by atoms with Gasteiger partial charge in [-0.2, -0.15) is 0 Å². The van der Waals surface area contributed by atoms with Gasteiger partial charge in [0.25, 0.3) is 13.3 Å². The van der Waals surface area contributed by atoms with Crippen molar-refractivity contribution in [1.82, 2.24) is 9.34 Å². The lowest BCUT2D eigenvalue weighted by Gasteiger charge is -2.33. The first-order valence-corrected chi connectivity index (χ1v) is 13.6. The molecule has 0 saturated carbocycles. The van der Waals surface area contributed by atoms with Crippen molar-refractivity contribution in [2.75, 3.05) is 32.8 Å². The highest BCUT2D eigenvalue weighted by molar-refractivity contribution is 8.09. The van der Waals surface area contributed by atoms with Gasteiger partial charge in [0.15, 0.2) is 6.29 Å². The van der Waals surface area contributed by atoms with E-state index in [1.54, 1.807) is 0 Å². The number of rotatable bonds is 6. The fraction of sp³-hybridized carbons (Fsp3) is 1.00. The van der Waals surface area contributed by atoms with Gasteiger partial charge in [0.1, 0.15) is 18.3 Å². The van der Waals surface area contributed by atoms with Gasteiger partial charge in [-0.3, -0.25) is 4.52 Å². The first kappa shape index (κ1) is 19.8. The van der Waals surface area contributed by atoms with Gasteiger partial charge < -0.3 is 18.3 Å². The maximum absolute atomic E-state index is 6.20. The fourth-order valence-electron chi connectivity index (χ4n) is 3.23. The van der Waals surface area contributed by atoms with E-state index in [2.05, 4.69) is 23.2 Å². The second-order valence-electron chi connectivity index (χ2n) is 5.80. The molecule has 2 unspecified atom stereocenters. The Morgan fingerprint density at radius 3 is 1.96 bits per heavy atom. The minimum absolute atomic E-state index is 0.248. The highest BCUT2D eigenvalue weighted by Gasteiger charge is 2.60. The summed E-state index contributed by atoms with van der Waals surface area (Å²) in [5, 5.41) is 0. The molecule has 3 aliphatic heterocycles. The van der Waals surface area contributed by atoms with E-state index in [1.165, 1.54) is 0 Å². The molecule has 3 fully saturated rings. The standard InChI is InChI=1S/C13H26N2O5P2S2/c1-5-14(6-2)21(23)16-9-10-11-12(13(17-10)20-21)19-22(24,18-11)15(7-3)8-4/h10-13H,5-9H2,1-4H3/t10-,11?,12?,13+,21+,22+/m1/s1. The highest BCUT2D eigenvalue weighted by Crippen LogP contribution is 2.65. The minimum atomic E-state index is -2.57. The molecule has 3 heterocycles. The van der Waals surface area contributed by atoms with Crippen molar-refractivity contribution >= 4 is 36.9 Å². The Labute approximate surface area is 154 Å². The van der Waals surface area contributed by atoms with E-state index in [0.29, 0.717) is 6.61 Å². The van der Waals surface area contributed by atoms with E-state index in [0.717, 1.165) is 26.2 Å². The number of hydrogen-bond acceptors (Lipinski definition) is 7. The summed E-state index contributed by atoms with van der Waals surface area (Å²) in [6, 6.07) is 0. The zero-order valence-electron chi connectivity index (χ0n) is 14.5. The summed E-state index contributed by atoms with van der Waals surface area (Å²) in [6.07, 6.45) is -1.40. The van der Waals surface area contributed by atoms with E-state index in [1.807, 2.05) is 13.8 Å². The molecular formula is C13H26N2O5P2S2. The van der Waals surface area contributed by atoms with E-state index >= 15 is 0 Å². The third-order valence-corrected chi connectivity index (χ3v) is 11.5. The lowest BCUT2D eigenvalue weighted by Crippen LogP contribution is -2.36. The Balaban J connectivity index is 1.81. The molecule has 11 heteroatoms. The average Bonchev–Trinajstić information content (AvgIpc) is 2.96. The summed E-state index contributed by atoms with van der Waals surface area (Å²) in [6.45, 7) is 6.62. The van der Waals surface area contributed by atoms with Crippen LogP contribution in [0.1, 0.15) is 27.7 Å². The summed E-state index contributed by atoms with van der Waals surface area (Å²) in [5.74, 6) is 0. The number of nitrogens with zero attached hydrogens (tertiary/aromatic N) is 2. The molecule has 0 aromatic carbocycles. The van der Waals surface area contributed by atoms with Crippen molar-refractivity contribution in [3.05, 3.63) is 0 Å². The molecule has 0 radical (unpaired) electrons. The van der Waals surface area contributed by atoms with Crippen LogP contribution in [0.5, 0.6) is 0 Å². The monoisotopic (exact) mass is 416 g/mol. The van der Waals surface area contributed by atoms with Gasteiger partial charge in [0, 0.05) is 26.2 Å². The molecule has 0 aliphatic carbocycles. The van der Waals surface area contributed by atoms with Crippen molar-refractivity contribution in [3.8, 4) is 0 Å². The predicted molar refractivity (Wildman–Crippen MR) is 99.9 cm³/mol. The van der Waals surface area contributed by atoms with Crippen LogP contribution in [-0.2, 0) is 46.4 Å². The molecule has 3 rings (SSSR count). The highest BCUT2D eigenvalue weighted by atomic mass is 32.5. The fourth-order valence-corrected chi connectivity index (χ4v) is 9.57. The smallest absolute Gasteiger partial charge is 0.266 e. The lowest BCUT2D eigenvalue weighted by atomic mass is 10.1. The van der Waals surface area contributed by atoms with Crippen molar-refractivity contribution in [2.24, 2.45) is 0 Å². The molecular weight excluding hydrogens is 390 g/mol. The molecule has 3 aliphatic rings. The van der Waals surface area contributed by atoms with Crippen LogP contribution in [0.25, 0.3) is 0 Å². The predicted octanol–water partition coefficient (Wildman–Crippen LogP) is 2.67. The number of ether oxygens (including phenoxy) is 1. The summed E-state index contributed by atoms with van der Waals surface area (Å²) in [4.78, 5) is 0. The van der Waals surface area contributed by atoms with Gasteiger partial charge in [-0.25, -0.2) is 9.34 Å². The molecule has 7 nitrogen and oxygen atoms in total. The van der Waals surface area contributed by atoms with Gasteiger partial charge in [-0.15, -0.1) is 0 Å². The maximum Gasteiger partial charge on any atom is 0.266 e. The van der Waals surface area contributed by atoms with Crippen molar-refractivity contribution in [1.29, 1.82) is 0 Å². The quantitative estimate of drug-likeness (QED) is 0.608. The Kier molecular flexibility index (Phi) is 6.23. The molecule has 2 bridgehead atoms. The molecule has 0 N–H and O–H groups in total. The number of fused-ring (bicyclic) bond motifs is 5. The van der Waals surface area contributed by atoms with Crippen LogP contribution >= 0.6 is 13.3 Å². The third-order valence-electron chi connectivity index (χ3n) is 4.57. The topological polar surface area (TPSA) is 52.6 Å². The molecule has 0 aromatic rings. The lowest BCUT2D eigenvalue weighted by molar-refractivity contribution is -0.0954. The second kappa shape index (κ2) is 7.56. The maximum atomic E-state index is 6.20. The van der Waals surface area contributed by atoms with Gasteiger partial charge >= 0.3 is 0 Å². The molecule has 140 valence electrons. The first-order valence-electron chi connectivity index (χ1n) is 8.46. The van der Waals surface area contributed by atoms with Crippen LogP contribution in [0.3, 0.4) is 0 Å². The zero-order valence-corrected chi connectivity index (χ0v) is 17.9. The minimum Gasteiger partial charge on any atom is -0.341 e. The Morgan fingerprint density at radius 1 is 0.833 bits per heavy atom. The van der Waals surface area contributed by atoms with Gasteiger partial charge in [-0.1, -0.05) is 27.7 Å². The van der Waals surface area contributed by atoms with E-state index in [9.17, 15) is 0 Å². The second-order valence-corrected chi connectivity index (χ2v) is 12.5.